The summed E-state index contributed by atoms with van der Waals surface area (Å²) >= 11 is 5.65. The number of thiocarbonyl (C=S) groups is 1. The highest BCUT2D eigenvalue weighted by Gasteiger charge is 2.46. The number of nitrogen functional groups attached to an aromatic ring is 1. The maximum Gasteiger partial charge on any atom is 0.260 e. The third-order valence-electron chi connectivity index (χ3n) is 10.2. The van der Waals surface area contributed by atoms with Crippen LogP contribution in [0.5, 0.6) is 0 Å². The minimum Gasteiger partial charge on any atom is -0.491 e. The van der Waals surface area contributed by atoms with E-state index in [2.05, 4.69) is 15.9 Å². The molecule has 3 saturated heterocycles. The molecular weight excluding hydrogens is 584 g/mol. The van der Waals surface area contributed by atoms with Crippen LogP contribution < -0.4 is 11.5 Å². The molecule has 3 heterocycles. The van der Waals surface area contributed by atoms with Crippen molar-refractivity contribution < 1.29 is 23.0 Å². The predicted octanol–water partition coefficient (Wildman–Crippen LogP) is 4.48. The maximum atomic E-state index is 14.3. The smallest absolute Gasteiger partial charge is 0.260 e. The van der Waals surface area contributed by atoms with E-state index < -0.39 is 11.6 Å². The van der Waals surface area contributed by atoms with Crippen LogP contribution in [0.25, 0.3) is 0 Å². The van der Waals surface area contributed by atoms with Gasteiger partial charge in [0.1, 0.15) is 29.1 Å². The van der Waals surface area contributed by atoms with Crippen LogP contribution in [0, 0.1) is 23.5 Å². The summed E-state index contributed by atoms with van der Waals surface area (Å²) in [6.45, 7) is 4.68. The third kappa shape index (κ3) is 7.21. The molecule has 1 atom stereocenters. The van der Waals surface area contributed by atoms with Gasteiger partial charge in [0.15, 0.2) is 0 Å². The van der Waals surface area contributed by atoms with Crippen molar-refractivity contribution in [3.63, 3.8) is 0 Å². The Kier molecular flexibility index (Phi) is 9.44. The SMILES string of the molecule is Nc1cc(F)c(CN2CCC3(CC2)CN(CC2CCC(C(=O)N4CCC(OC5=CCC(N)C=C5)CC4)CC2)C(=S)O3)c(F)c1. The molecule has 4 fully saturated rings. The maximum absolute atomic E-state index is 14.3. The van der Waals surface area contributed by atoms with Crippen molar-refractivity contribution in [2.75, 3.05) is 45.0 Å². The second kappa shape index (κ2) is 13.3. The number of ether oxygens (including phenoxy) is 2. The number of hydrogen-bond acceptors (Lipinski definition) is 7. The van der Waals surface area contributed by atoms with E-state index in [0.717, 1.165) is 89.7 Å². The highest BCUT2D eigenvalue weighted by molar-refractivity contribution is 7.80. The van der Waals surface area contributed by atoms with E-state index in [-0.39, 0.29) is 41.5 Å². The van der Waals surface area contributed by atoms with Crippen LogP contribution in [0.2, 0.25) is 0 Å². The molecule has 44 heavy (non-hydrogen) atoms. The molecule has 1 aromatic carbocycles. The Morgan fingerprint density at radius 2 is 1.73 bits per heavy atom. The molecule has 6 rings (SSSR count). The van der Waals surface area contributed by atoms with Gasteiger partial charge in [-0.15, -0.1) is 0 Å². The summed E-state index contributed by atoms with van der Waals surface area (Å²) in [5.74, 6) is 0.578. The molecule has 11 heteroatoms. The standard InChI is InChI=1S/C33H45F2N5O3S/c34-29-17-25(37)18-30(35)28(29)20-38-15-11-33(12-16-38)21-40(32(44)43-33)19-22-1-3-23(4-2-22)31(41)39-13-9-27(10-14-39)42-26-7-5-24(36)6-8-26/h5,7-8,17-18,22-24,27H,1-4,6,9-16,19-21,36-37H2. The Bertz CT molecular complexity index is 1260. The lowest BCUT2D eigenvalue weighted by atomic mass is 9.80. The molecule has 8 nitrogen and oxygen atoms in total. The molecule has 1 aromatic rings. The topological polar surface area (TPSA) is 97.3 Å². The first-order valence-electron chi connectivity index (χ1n) is 16.2. The van der Waals surface area contributed by atoms with Gasteiger partial charge in [0.25, 0.3) is 5.17 Å². The zero-order valence-electron chi connectivity index (χ0n) is 25.4. The van der Waals surface area contributed by atoms with Crippen LogP contribution in [0.1, 0.15) is 63.4 Å². The normalized spacial score (nSPS) is 27.8. The van der Waals surface area contributed by atoms with Crippen LogP contribution >= 0.6 is 12.2 Å². The summed E-state index contributed by atoms with van der Waals surface area (Å²) in [5.41, 5.74) is 11.3. The van der Waals surface area contributed by atoms with Gasteiger partial charge in [-0.05, 0) is 74.5 Å². The third-order valence-corrected chi connectivity index (χ3v) is 10.5. The number of benzene rings is 1. The van der Waals surface area contributed by atoms with E-state index in [1.807, 2.05) is 17.1 Å². The van der Waals surface area contributed by atoms with Crippen molar-refractivity contribution in [2.45, 2.75) is 82.1 Å². The van der Waals surface area contributed by atoms with E-state index in [1.54, 1.807) is 0 Å². The molecule has 5 aliphatic rings. The summed E-state index contributed by atoms with van der Waals surface area (Å²) in [6.07, 6.45) is 14.0. The Balaban J connectivity index is 0.914. The molecule has 1 spiro atoms. The molecule has 0 radical (unpaired) electrons. The predicted molar refractivity (Wildman–Crippen MR) is 169 cm³/mol. The van der Waals surface area contributed by atoms with Crippen LogP contribution in [-0.4, -0.2) is 82.8 Å². The molecule has 4 N–H and O–H groups in total. The van der Waals surface area contributed by atoms with Crippen LogP contribution in [0.3, 0.4) is 0 Å². The van der Waals surface area contributed by atoms with Crippen LogP contribution in [0.15, 0.2) is 36.1 Å². The van der Waals surface area contributed by atoms with Crippen LogP contribution in [0.4, 0.5) is 14.5 Å². The lowest BCUT2D eigenvalue weighted by molar-refractivity contribution is -0.139. The molecule has 3 aliphatic heterocycles. The van der Waals surface area contributed by atoms with Gasteiger partial charge < -0.3 is 30.7 Å². The largest absolute Gasteiger partial charge is 0.491 e. The number of likely N-dealkylation sites (tertiary alicyclic amines) is 2. The molecule has 0 aromatic heterocycles. The zero-order chi connectivity index (χ0) is 30.8. The molecule has 1 amide bonds. The molecule has 1 saturated carbocycles. The molecule has 2 aliphatic carbocycles. The minimum atomic E-state index is -0.602. The number of hydrogen-bond donors (Lipinski definition) is 2. The van der Waals surface area contributed by atoms with E-state index in [0.29, 0.717) is 30.1 Å². The monoisotopic (exact) mass is 629 g/mol. The number of halogens is 2. The van der Waals surface area contributed by atoms with Gasteiger partial charge in [0, 0.05) is 88.2 Å². The van der Waals surface area contributed by atoms with Gasteiger partial charge in [-0.25, -0.2) is 8.78 Å². The van der Waals surface area contributed by atoms with Gasteiger partial charge in [-0.3, -0.25) is 9.69 Å². The number of rotatable bonds is 7. The first-order chi connectivity index (χ1) is 21.2. The fourth-order valence-electron chi connectivity index (χ4n) is 7.46. The number of allylic oxidation sites excluding steroid dienone is 1. The lowest BCUT2D eigenvalue weighted by Gasteiger charge is -2.38. The van der Waals surface area contributed by atoms with Crippen LogP contribution in [-0.2, 0) is 20.8 Å². The number of piperidine rings is 2. The average Bonchev–Trinajstić information content (AvgIpc) is 3.31. The number of carbonyl (C=O) groups excluding carboxylic acids is 1. The van der Waals surface area contributed by atoms with Crippen molar-refractivity contribution in [1.82, 2.24) is 14.7 Å². The highest BCUT2D eigenvalue weighted by atomic mass is 32.1. The Hall–Kier alpha value is -2.76. The summed E-state index contributed by atoms with van der Waals surface area (Å²) in [4.78, 5) is 19.6. The van der Waals surface area contributed by atoms with Gasteiger partial charge in [-0.1, -0.05) is 6.08 Å². The second-order valence-electron chi connectivity index (χ2n) is 13.4. The fraction of sp³-hybridized carbons (Fsp3) is 0.636. The lowest BCUT2D eigenvalue weighted by Crippen LogP contribution is -2.47. The Morgan fingerprint density at radius 1 is 1.05 bits per heavy atom. The van der Waals surface area contributed by atoms with Crippen molar-refractivity contribution in [3.05, 3.63) is 53.3 Å². The number of anilines is 1. The minimum absolute atomic E-state index is 0.0587. The second-order valence-corrected chi connectivity index (χ2v) is 13.7. The van der Waals surface area contributed by atoms with Gasteiger partial charge >= 0.3 is 0 Å². The van der Waals surface area contributed by atoms with E-state index >= 15 is 0 Å². The quantitative estimate of drug-likeness (QED) is 0.337. The van der Waals surface area contributed by atoms with E-state index in [1.165, 1.54) is 12.1 Å². The average molecular weight is 630 g/mol. The fourth-order valence-corrected chi connectivity index (χ4v) is 7.78. The first kappa shape index (κ1) is 31.2. The number of nitrogens with two attached hydrogens (primary N) is 2. The Labute approximate surface area is 264 Å². The number of amides is 1. The summed E-state index contributed by atoms with van der Waals surface area (Å²) in [5, 5.41) is 0.555. The zero-order valence-corrected chi connectivity index (χ0v) is 26.2. The van der Waals surface area contributed by atoms with Crippen molar-refractivity contribution in [2.24, 2.45) is 17.6 Å². The number of nitrogens with zero attached hydrogens (tertiary/aromatic N) is 3. The van der Waals surface area contributed by atoms with Crippen molar-refractivity contribution in [1.29, 1.82) is 0 Å². The summed E-state index contributed by atoms with van der Waals surface area (Å²) in [6, 6.07) is 2.43. The van der Waals surface area contributed by atoms with Crippen molar-refractivity contribution in [3.8, 4) is 0 Å². The van der Waals surface area contributed by atoms with Gasteiger partial charge in [-0.2, -0.15) is 0 Å². The molecule has 240 valence electrons. The molecule has 1 unspecified atom stereocenters. The Morgan fingerprint density at radius 3 is 2.36 bits per heavy atom. The van der Waals surface area contributed by atoms with Gasteiger partial charge in [0.2, 0.25) is 5.91 Å². The molecule has 0 bridgehead atoms. The first-order valence-corrected chi connectivity index (χ1v) is 16.6. The summed E-state index contributed by atoms with van der Waals surface area (Å²) < 4.78 is 41.1. The van der Waals surface area contributed by atoms with Gasteiger partial charge in [0.05, 0.1) is 6.54 Å². The van der Waals surface area contributed by atoms with E-state index in [4.69, 9.17) is 33.2 Å². The summed E-state index contributed by atoms with van der Waals surface area (Å²) in [7, 11) is 0. The highest BCUT2D eigenvalue weighted by Crippen LogP contribution is 2.37. The molecular formula is C33H45F2N5O3S. The number of carbonyl (C=O) groups is 1. The van der Waals surface area contributed by atoms with E-state index in [9.17, 15) is 13.6 Å². The van der Waals surface area contributed by atoms with Crippen molar-refractivity contribution >= 4 is 29.0 Å².